The molecule has 3 unspecified atom stereocenters. The van der Waals surface area contributed by atoms with Gasteiger partial charge < -0.3 is 15.2 Å². The summed E-state index contributed by atoms with van der Waals surface area (Å²) in [7, 11) is 0. The molecule has 3 atom stereocenters. The number of fused-ring (bicyclic) bond motifs is 2. The molecule has 1 aliphatic carbocycles. The minimum absolute atomic E-state index is 0.133. The highest BCUT2D eigenvalue weighted by molar-refractivity contribution is 6.00. The summed E-state index contributed by atoms with van der Waals surface area (Å²) in [6, 6.07) is 10.5. The van der Waals surface area contributed by atoms with Crippen LogP contribution in [0.1, 0.15) is 22.6 Å². The third kappa shape index (κ3) is 1.29. The van der Waals surface area contributed by atoms with Gasteiger partial charge in [0.15, 0.2) is 5.41 Å². The number of ether oxygens (including phenoxy) is 2. The maximum absolute atomic E-state index is 9.99. The van der Waals surface area contributed by atoms with Crippen molar-refractivity contribution in [2.75, 3.05) is 13.2 Å². The van der Waals surface area contributed by atoms with Crippen molar-refractivity contribution < 1.29 is 9.47 Å². The van der Waals surface area contributed by atoms with Crippen LogP contribution < -0.4 is 5.73 Å². The summed E-state index contributed by atoms with van der Waals surface area (Å²) in [5.41, 5.74) is 6.76. The van der Waals surface area contributed by atoms with E-state index in [0.717, 1.165) is 16.7 Å². The van der Waals surface area contributed by atoms with E-state index in [0.29, 0.717) is 13.2 Å². The van der Waals surface area contributed by atoms with Crippen LogP contribution in [0.15, 0.2) is 23.2 Å². The van der Waals surface area contributed by atoms with Crippen molar-refractivity contribution in [3.63, 3.8) is 0 Å². The van der Waals surface area contributed by atoms with E-state index in [1.807, 2.05) is 32.0 Å². The molecule has 0 radical (unpaired) electrons. The number of amidine groups is 1. The van der Waals surface area contributed by atoms with Crippen molar-refractivity contribution in [3.8, 4) is 12.1 Å². The number of benzene rings is 1. The number of nitrogens with zero attached hydrogens (tertiary/aromatic N) is 3. The molecular weight excluding hydrogens is 292 g/mol. The molecule has 1 aromatic carbocycles. The van der Waals surface area contributed by atoms with Gasteiger partial charge in [-0.05, 0) is 25.0 Å². The van der Waals surface area contributed by atoms with Gasteiger partial charge in [0, 0.05) is 5.92 Å². The van der Waals surface area contributed by atoms with Crippen molar-refractivity contribution in [2.45, 2.75) is 25.7 Å². The Morgan fingerprint density at radius 3 is 2.48 bits per heavy atom. The van der Waals surface area contributed by atoms with Crippen LogP contribution in [0.3, 0.4) is 0 Å². The highest BCUT2D eigenvalue weighted by Gasteiger charge is 2.94. The molecule has 1 aromatic rings. The van der Waals surface area contributed by atoms with Gasteiger partial charge in [-0.3, -0.25) is 0 Å². The van der Waals surface area contributed by atoms with Gasteiger partial charge in [0.1, 0.15) is 11.3 Å². The van der Waals surface area contributed by atoms with Crippen LogP contribution in [0.2, 0.25) is 0 Å². The van der Waals surface area contributed by atoms with Gasteiger partial charge in [0.2, 0.25) is 0 Å². The molecule has 4 rings (SSSR count). The van der Waals surface area contributed by atoms with Crippen LogP contribution in [-0.4, -0.2) is 25.0 Å². The molecule has 2 fully saturated rings. The van der Waals surface area contributed by atoms with E-state index in [9.17, 15) is 10.5 Å². The molecular formula is C17H16N4O2. The second kappa shape index (κ2) is 4.11. The van der Waals surface area contributed by atoms with Crippen molar-refractivity contribution in [1.82, 2.24) is 0 Å². The second-order valence-corrected chi connectivity index (χ2v) is 6.41. The van der Waals surface area contributed by atoms with Crippen molar-refractivity contribution in [3.05, 3.63) is 34.9 Å². The van der Waals surface area contributed by atoms with Crippen LogP contribution in [0, 0.1) is 47.3 Å². The molecule has 116 valence electrons. The van der Waals surface area contributed by atoms with Gasteiger partial charge in [0.05, 0.1) is 25.4 Å². The molecule has 0 amide bonds. The fourth-order valence-corrected chi connectivity index (χ4v) is 4.33. The molecule has 1 saturated carbocycles. The minimum Gasteiger partial charge on any atom is -0.386 e. The zero-order chi connectivity index (χ0) is 16.5. The molecule has 2 aliphatic heterocycles. The molecule has 23 heavy (non-hydrogen) atoms. The van der Waals surface area contributed by atoms with Gasteiger partial charge in [-0.25, -0.2) is 4.99 Å². The Morgan fingerprint density at radius 2 is 1.91 bits per heavy atom. The first kappa shape index (κ1) is 14.2. The third-order valence-electron chi connectivity index (χ3n) is 5.34. The number of aryl methyl sites for hydroxylation is 2. The zero-order valence-corrected chi connectivity index (χ0v) is 13.0. The highest BCUT2D eigenvalue weighted by Crippen LogP contribution is 2.82. The van der Waals surface area contributed by atoms with E-state index < -0.39 is 22.7 Å². The summed E-state index contributed by atoms with van der Waals surface area (Å²) < 4.78 is 11.4. The zero-order valence-electron chi connectivity index (χ0n) is 13.0. The summed E-state index contributed by atoms with van der Waals surface area (Å²) >= 11 is 0. The van der Waals surface area contributed by atoms with E-state index in [-0.39, 0.29) is 5.84 Å². The standard InChI is InChI=1S/C17H16N4O2/c1-10-3-4-12(11(2)7-10)13-15(8-18)14(20)21-17(16(13,15)9-19)22-5-6-23-17/h3-4,7,13H,5-6H2,1-2H3,(H2,20,21). The van der Waals surface area contributed by atoms with Crippen molar-refractivity contribution in [2.24, 2.45) is 21.6 Å². The summed E-state index contributed by atoms with van der Waals surface area (Å²) in [5, 5.41) is 19.9. The average Bonchev–Trinajstić information content (AvgIpc) is 2.77. The van der Waals surface area contributed by atoms with E-state index in [1.54, 1.807) is 0 Å². The van der Waals surface area contributed by atoms with Gasteiger partial charge in [-0.15, -0.1) is 0 Å². The van der Waals surface area contributed by atoms with Gasteiger partial charge in [-0.2, -0.15) is 10.5 Å². The summed E-state index contributed by atoms with van der Waals surface area (Å²) in [6.45, 7) is 4.65. The number of nitriles is 2. The topological polar surface area (TPSA) is 104 Å². The largest absolute Gasteiger partial charge is 0.386 e. The smallest absolute Gasteiger partial charge is 0.293 e. The third-order valence-corrected chi connectivity index (χ3v) is 5.34. The second-order valence-electron chi connectivity index (χ2n) is 6.41. The highest BCUT2D eigenvalue weighted by atomic mass is 16.8. The lowest BCUT2D eigenvalue weighted by molar-refractivity contribution is -0.184. The minimum atomic E-state index is -1.45. The predicted molar refractivity (Wildman–Crippen MR) is 81.0 cm³/mol. The van der Waals surface area contributed by atoms with Crippen molar-refractivity contribution in [1.29, 1.82) is 10.5 Å². The Morgan fingerprint density at radius 1 is 1.22 bits per heavy atom. The number of rotatable bonds is 1. The number of hydrogen-bond donors (Lipinski definition) is 1. The average molecular weight is 308 g/mol. The number of nitrogens with two attached hydrogens (primary N) is 1. The first-order valence-corrected chi connectivity index (χ1v) is 7.52. The summed E-state index contributed by atoms with van der Waals surface area (Å²) in [6.07, 6.45) is 0. The normalized spacial score (nSPS) is 36.2. The van der Waals surface area contributed by atoms with E-state index in [4.69, 9.17) is 15.2 Å². The Hall–Kier alpha value is -2.41. The molecule has 1 saturated heterocycles. The summed E-state index contributed by atoms with van der Waals surface area (Å²) in [5.74, 6) is -1.72. The maximum Gasteiger partial charge on any atom is 0.293 e. The predicted octanol–water partition coefficient (Wildman–Crippen LogP) is 1.49. The van der Waals surface area contributed by atoms with Crippen molar-refractivity contribution >= 4 is 5.84 Å². The number of hydrogen-bond acceptors (Lipinski definition) is 6. The molecule has 2 N–H and O–H groups in total. The first-order valence-electron chi connectivity index (χ1n) is 7.52. The SMILES string of the molecule is Cc1ccc(C2C3(C#N)C(N)=NC4(OCCO4)C23C#N)c(C)c1. The lowest BCUT2D eigenvalue weighted by Gasteiger charge is -2.26. The lowest BCUT2D eigenvalue weighted by atomic mass is 9.93. The Kier molecular flexibility index (Phi) is 2.54. The quantitative estimate of drug-likeness (QED) is 0.846. The number of aliphatic imine (C=N–C) groups is 1. The molecule has 3 aliphatic rings. The first-order chi connectivity index (χ1) is 11.0. The van der Waals surface area contributed by atoms with Crippen LogP contribution in [-0.2, 0) is 9.47 Å². The molecule has 0 aromatic heterocycles. The van der Waals surface area contributed by atoms with Crippen LogP contribution in [0.4, 0.5) is 0 Å². The maximum atomic E-state index is 9.99. The summed E-state index contributed by atoms with van der Waals surface area (Å²) in [4.78, 5) is 4.26. The van der Waals surface area contributed by atoms with Crippen LogP contribution >= 0.6 is 0 Å². The Labute approximate surface area is 134 Å². The van der Waals surface area contributed by atoms with Gasteiger partial charge in [0.25, 0.3) is 5.91 Å². The van der Waals surface area contributed by atoms with Crippen LogP contribution in [0.25, 0.3) is 0 Å². The molecule has 0 bridgehead atoms. The lowest BCUT2D eigenvalue weighted by Crippen LogP contribution is -2.38. The molecule has 6 heteroatoms. The fraction of sp³-hybridized carbons (Fsp3) is 0.471. The van der Waals surface area contributed by atoms with E-state index >= 15 is 0 Å². The molecule has 6 nitrogen and oxygen atoms in total. The monoisotopic (exact) mass is 308 g/mol. The molecule has 2 heterocycles. The van der Waals surface area contributed by atoms with Crippen LogP contribution in [0.5, 0.6) is 0 Å². The van der Waals surface area contributed by atoms with Gasteiger partial charge >= 0.3 is 0 Å². The Balaban J connectivity index is 1.95. The fourth-order valence-electron chi connectivity index (χ4n) is 4.33. The Bertz CT molecular complexity index is 828. The van der Waals surface area contributed by atoms with Gasteiger partial charge in [-0.1, -0.05) is 23.8 Å². The molecule has 1 spiro atoms. The van der Waals surface area contributed by atoms with E-state index in [1.165, 1.54) is 0 Å². The van der Waals surface area contributed by atoms with E-state index in [2.05, 4.69) is 17.1 Å².